The van der Waals surface area contributed by atoms with Crippen LogP contribution in [0.5, 0.6) is 0 Å². The van der Waals surface area contributed by atoms with Gasteiger partial charge in [0.2, 0.25) is 0 Å². The zero-order valence-electron chi connectivity index (χ0n) is 9.46. The Morgan fingerprint density at radius 2 is 1.71 bits per heavy atom. The maximum Gasteiger partial charge on any atom is 0.265 e. The lowest BCUT2D eigenvalue weighted by Crippen LogP contribution is -2.32. The van der Waals surface area contributed by atoms with Gasteiger partial charge in [-0.15, -0.1) is 0 Å². The summed E-state index contributed by atoms with van der Waals surface area (Å²) in [6, 6.07) is 7.78. The molecule has 0 saturated carbocycles. The molecule has 0 saturated heterocycles. The van der Waals surface area contributed by atoms with Crippen molar-refractivity contribution in [2.75, 3.05) is 12.4 Å². The highest BCUT2D eigenvalue weighted by Crippen LogP contribution is 2.40. The number of hydrogen-bond acceptors (Lipinski definition) is 3. The molecule has 0 radical (unpaired) electrons. The van der Waals surface area contributed by atoms with Crippen molar-refractivity contribution in [1.29, 1.82) is 0 Å². The van der Waals surface area contributed by atoms with Crippen LogP contribution in [-0.4, -0.2) is 30.4 Å². The predicted octanol–water partition coefficient (Wildman–Crippen LogP) is 1.04. The number of fused-ring (bicyclic) bond motifs is 1. The zero-order valence-corrected chi connectivity index (χ0v) is 10.3. The lowest BCUT2D eigenvalue weighted by molar-refractivity contribution is 0.204. The molecule has 0 aromatic heterocycles. The number of benzene rings is 1. The van der Waals surface area contributed by atoms with Crippen LogP contribution in [0.25, 0.3) is 0 Å². The number of hydrogen-bond donors (Lipinski definition) is 2. The third-order valence-electron chi connectivity index (χ3n) is 3.38. The van der Waals surface area contributed by atoms with Crippen molar-refractivity contribution in [3.8, 4) is 0 Å². The molecule has 0 amide bonds. The normalized spacial score (nSPS) is 18.0. The van der Waals surface area contributed by atoms with Gasteiger partial charge in [-0.1, -0.05) is 24.3 Å². The van der Waals surface area contributed by atoms with E-state index < -0.39 is 15.5 Å². The lowest BCUT2D eigenvalue weighted by atomic mass is 9.84. The third kappa shape index (κ3) is 2.86. The Bertz CT molecular complexity index is 482. The molecule has 0 aliphatic heterocycles. The summed E-state index contributed by atoms with van der Waals surface area (Å²) in [6.07, 6.45) is 1.59. The molecule has 1 aliphatic rings. The van der Waals surface area contributed by atoms with Crippen molar-refractivity contribution in [3.05, 3.63) is 35.4 Å². The molecule has 17 heavy (non-hydrogen) atoms. The summed E-state index contributed by atoms with van der Waals surface area (Å²) in [5.74, 6) is -0.282. The quantitative estimate of drug-likeness (QED) is 0.789. The van der Waals surface area contributed by atoms with Crippen LogP contribution in [-0.2, 0) is 23.0 Å². The minimum atomic E-state index is -4.02. The Hall–Kier alpha value is -0.910. The molecule has 0 heterocycles. The second-order valence-corrected chi connectivity index (χ2v) is 6.27. The van der Waals surface area contributed by atoms with Crippen LogP contribution in [0.4, 0.5) is 0 Å². The Morgan fingerprint density at radius 3 is 2.12 bits per heavy atom. The van der Waals surface area contributed by atoms with Gasteiger partial charge in [0.15, 0.2) is 0 Å². The fourth-order valence-corrected chi connectivity index (χ4v) is 3.87. The second kappa shape index (κ2) is 4.40. The van der Waals surface area contributed by atoms with Crippen molar-refractivity contribution >= 4 is 10.1 Å². The molecule has 0 spiro atoms. The molecule has 5 heteroatoms. The first kappa shape index (κ1) is 12.5. The van der Waals surface area contributed by atoms with E-state index in [4.69, 9.17) is 9.66 Å². The average Bonchev–Trinajstić information content (AvgIpc) is 2.52. The molecule has 0 atom stereocenters. The molecule has 1 aromatic carbocycles. The third-order valence-corrected chi connectivity index (χ3v) is 4.36. The Kier molecular flexibility index (Phi) is 3.25. The van der Waals surface area contributed by atoms with E-state index in [1.54, 1.807) is 0 Å². The highest BCUT2D eigenvalue weighted by molar-refractivity contribution is 7.85. The summed E-state index contributed by atoms with van der Waals surface area (Å²) in [5.41, 5.74) is 1.68. The molecule has 2 rings (SSSR count). The molecular formula is C12H16O4S. The Morgan fingerprint density at radius 1 is 1.18 bits per heavy atom. The van der Waals surface area contributed by atoms with Crippen molar-refractivity contribution in [3.63, 3.8) is 0 Å². The molecule has 0 fully saturated rings. The van der Waals surface area contributed by atoms with Crippen LogP contribution in [0, 0.1) is 5.41 Å². The standard InChI is InChI=1S/C12H16O4S/c13-6-5-12(9-17(14,15)16)7-10-3-1-2-4-11(10)8-12/h1-4,13H,5-9H2,(H,14,15,16). The van der Waals surface area contributed by atoms with E-state index in [-0.39, 0.29) is 12.4 Å². The van der Waals surface area contributed by atoms with Crippen molar-refractivity contribution in [2.24, 2.45) is 5.41 Å². The fraction of sp³-hybridized carbons (Fsp3) is 0.500. The number of aliphatic hydroxyl groups is 1. The minimum absolute atomic E-state index is 0.0660. The van der Waals surface area contributed by atoms with Crippen LogP contribution < -0.4 is 0 Å². The van der Waals surface area contributed by atoms with E-state index in [2.05, 4.69) is 0 Å². The largest absolute Gasteiger partial charge is 0.396 e. The molecule has 1 aromatic rings. The van der Waals surface area contributed by atoms with Gasteiger partial charge in [-0.05, 0) is 35.8 Å². The van der Waals surface area contributed by atoms with E-state index in [9.17, 15) is 8.42 Å². The summed E-state index contributed by atoms with van der Waals surface area (Å²) in [7, 11) is -4.02. The summed E-state index contributed by atoms with van der Waals surface area (Å²) >= 11 is 0. The molecular weight excluding hydrogens is 240 g/mol. The van der Waals surface area contributed by atoms with E-state index in [0.717, 1.165) is 11.1 Å². The maximum atomic E-state index is 11.1. The molecule has 2 N–H and O–H groups in total. The summed E-state index contributed by atoms with van der Waals surface area (Å²) in [4.78, 5) is 0. The minimum Gasteiger partial charge on any atom is -0.396 e. The van der Waals surface area contributed by atoms with Gasteiger partial charge in [-0.3, -0.25) is 4.55 Å². The lowest BCUT2D eigenvalue weighted by Gasteiger charge is -2.26. The van der Waals surface area contributed by atoms with Crippen LogP contribution >= 0.6 is 0 Å². The van der Waals surface area contributed by atoms with Gasteiger partial charge in [0.05, 0.1) is 5.75 Å². The van der Waals surface area contributed by atoms with Crippen molar-refractivity contribution in [1.82, 2.24) is 0 Å². The van der Waals surface area contributed by atoms with Gasteiger partial charge in [-0.2, -0.15) is 8.42 Å². The molecule has 0 bridgehead atoms. The first-order valence-electron chi connectivity index (χ1n) is 5.57. The van der Waals surface area contributed by atoms with Gasteiger partial charge in [-0.25, -0.2) is 0 Å². The molecule has 94 valence electrons. The van der Waals surface area contributed by atoms with Crippen LogP contribution in [0.15, 0.2) is 24.3 Å². The van der Waals surface area contributed by atoms with Crippen molar-refractivity contribution in [2.45, 2.75) is 19.3 Å². The fourth-order valence-electron chi connectivity index (χ4n) is 2.75. The maximum absolute atomic E-state index is 11.1. The molecule has 4 nitrogen and oxygen atoms in total. The summed E-state index contributed by atoms with van der Waals surface area (Å²) in [5, 5.41) is 9.09. The number of aliphatic hydroxyl groups excluding tert-OH is 1. The van der Waals surface area contributed by atoms with Crippen molar-refractivity contribution < 1.29 is 18.1 Å². The average molecular weight is 256 g/mol. The van der Waals surface area contributed by atoms with Gasteiger partial charge in [0.25, 0.3) is 10.1 Å². The zero-order chi connectivity index (χ0) is 12.5. The highest BCUT2D eigenvalue weighted by atomic mass is 32.2. The smallest absolute Gasteiger partial charge is 0.265 e. The molecule has 1 aliphatic carbocycles. The van der Waals surface area contributed by atoms with Crippen LogP contribution in [0.3, 0.4) is 0 Å². The summed E-state index contributed by atoms with van der Waals surface area (Å²) in [6.45, 7) is -0.0660. The second-order valence-electron chi connectivity index (χ2n) is 4.82. The van der Waals surface area contributed by atoms with E-state index in [0.29, 0.717) is 19.3 Å². The Balaban J connectivity index is 2.29. The highest BCUT2D eigenvalue weighted by Gasteiger charge is 2.39. The first-order valence-corrected chi connectivity index (χ1v) is 7.18. The van der Waals surface area contributed by atoms with E-state index >= 15 is 0 Å². The molecule has 0 unspecified atom stereocenters. The number of rotatable bonds is 4. The SMILES string of the molecule is O=S(=O)(O)CC1(CCO)Cc2ccccc2C1. The van der Waals surface area contributed by atoms with Gasteiger partial charge >= 0.3 is 0 Å². The Labute approximate surface area is 101 Å². The predicted molar refractivity (Wildman–Crippen MR) is 64.4 cm³/mol. The van der Waals surface area contributed by atoms with Gasteiger partial charge in [0.1, 0.15) is 0 Å². The first-order chi connectivity index (χ1) is 7.94. The van der Waals surface area contributed by atoms with Crippen LogP contribution in [0.2, 0.25) is 0 Å². The van der Waals surface area contributed by atoms with Gasteiger partial charge < -0.3 is 5.11 Å². The van der Waals surface area contributed by atoms with E-state index in [1.165, 1.54) is 0 Å². The van der Waals surface area contributed by atoms with Gasteiger partial charge in [0, 0.05) is 6.61 Å². The van der Waals surface area contributed by atoms with E-state index in [1.807, 2.05) is 24.3 Å². The monoisotopic (exact) mass is 256 g/mol. The topological polar surface area (TPSA) is 74.6 Å². The summed E-state index contributed by atoms with van der Waals surface area (Å²) < 4.78 is 31.2. The van der Waals surface area contributed by atoms with Crippen LogP contribution in [0.1, 0.15) is 17.5 Å².